The molecule has 12 heavy (non-hydrogen) atoms. The van der Waals surface area contributed by atoms with E-state index in [1.807, 2.05) is 0 Å². The maximum Gasteiger partial charge on any atom is 0.410 e. The van der Waals surface area contributed by atoms with E-state index in [2.05, 4.69) is 4.74 Å². The van der Waals surface area contributed by atoms with Crippen molar-refractivity contribution in [2.24, 2.45) is 0 Å². The standard InChI is InChI=1S/C7H11NO3S/c1-11-7(9)8-3-6-2-5(8)4-12(6)10/h5-6H,2-4H2,1H3/t5-,6-,12?/m0/s1. The monoisotopic (exact) mass is 189 g/mol. The molecule has 0 spiro atoms. The Morgan fingerprint density at radius 1 is 1.75 bits per heavy atom. The van der Waals surface area contributed by atoms with Crippen LogP contribution in [0.3, 0.4) is 0 Å². The van der Waals surface area contributed by atoms with E-state index in [4.69, 9.17) is 0 Å². The van der Waals surface area contributed by atoms with E-state index in [0.717, 1.165) is 6.42 Å². The molecule has 2 bridgehead atoms. The fraction of sp³-hybridized carbons (Fsp3) is 0.857. The van der Waals surface area contributed by atoms with Gasteiger partial charge in [-0.15, -0.1) is 0 Å². The lowest BCUT2D eigenvalue weighted by molar-refractivity contribution is 0.121. The first-order valence-corrected chi connectivity index (χ1v) is 5.32. The maximum atomic E-state index is 11.2. The van der Waals surface area contributed by atoms with Gasteiger partial charge in [-0.05, 0) is 11.2 Å². The summed E-state index contributed by atoms with van der Waals surface area (Å²) in [5, 5.41) is 0.203. The third kappa shape index (κ3) is 1.08. The Morgan fingerprint density at radius 2 is 2.50 bits per heavy atom. The molecule has 2 fully saturated rings. The Balaban J connectivity index is 2.02. The Hall–Kier alpha value is -0.420. The summed E-state index contributed by atoms with van der Waals surface area (Å²) in [6.45, 7) is 0.615. The predicted octanol–water partition coefficient (Wildman–Crippen LogP) is -0.0420. The zero-order valence-corrected chi connectivity index (χ0v) is 7.67. The lowest BCUT2D eigenvalue weighted by atomic mass is 10.2. The molecule has 4 nitrogen and oxygen atoms in total. The van der Waals surface area contributed by atoms with Crippen molar-refractivity contribution in [3.63, 3.8) is 0 Å². The first-order valence-electron chi connectivity index (χ1n) is 3.94. The third-order valence-electron chi connectivity index (χ3n) is 2.51. The van der Waals surface area contributed by atoms with Crippen LogP contribution in [0.15, 0.2) is 0 Å². The molecule has 1 amide bonds. The minimum atomic E-state index is -0.700. The average molecular weight is 189 g/mol. The largest absolute Gasteiger partial charge is 0.616 e. The molecule has 68 valence electrons. The van der Waals surface area contributed by atoms with E-state index >= 15 is 0 Å². The number of hydrogen-bond acceptors (Lipinski definition) is 3. The number of fused-ring (bicyclic) bond motifs is 2. The number of carbonyl (C=O) groups excluding carboxylic acids is 1. The van der Waals surface area contributed by atoms with Gasteiger partial charge in [-0.25, -0.2) is 4.79 Å². The Morgan fingerprint density at radius 3 is 2.92 bits per heavy atom. The molecule has 0 aliphatic carbocycles. The molecule has 2 aliphatic heterocycles. The summed E-state index contributed by atoms with van der Waals surface area (Å²) in [4.78, 5) is 12.8. The molecule has 0 saturated carbocycles. The zero-order valence-electron chi connectivity index (χ0n) is 6.86. The molecule has 2 saturated heterocycles. The summed E-state index contributed by atoms with van der Waals surface area (Å²) < 4.78 is 15.8. The summed E-state index contributed by atoms with van der Waals surface area (Å²) in [6.07, 6.45) is 0.612. The number of ether oxygens (including phenoxy) is 1. The van der Waals surface area contributed by atoms with Crippen LogP contribution in [0.4, 0.5) is 4.79 Å². The number of carbonyl (C=O) groups is 1. The zero-order chi connectivity index (χ0) is 8.72. The SMILES string of the molecule is COC(=O)N1C[C@@H]2C[C@H]1C[S+]2[O-]. The molecule has 3 atom stereocenters. The molecular formula is C7H11NO3S. The van der Waals surface area contributed by atoms with Crippen LogP contribution in [0.5, 0.6) is 0 Å². The molecule has 2 heterocycles. The maximum absolute atomic E-state index is 11.2. The smallest absolute Gasteiger partial charge is 0.410 e. The van der Waals surface area contributed by atoms with E-state index < -0.39 is 11.2 Å². The van der Waals surface area contributed by atoms with E-state index in [9.17, 15) is 9.35 Å². The van der Waals surface area contributed by atoms with Crippen LogP contribution in [0, 0.1) is 0 Å². The highest BCUT2D eigenvalue weighted by Crippen LogP contribution is 2.32. The van der Waals surface area contributed by atoms with Gasteiger partial charge in [-0.3, -0.25) is 4.90 Å². The number of hydrogen-bond donors (Lipinski definition) is 0. The van der Waals surface area contributed by atoms with Crippen LogP contribution in [-0.2, 0) is 15.9 Å². The molecule has 0 N–H and O–H groups in total. The lowest BCUT2D eigenvalue weighted by Crippen LogP contribution is -2.43. The number of amides is 1. The quantitative estimate of drug-likeness (QED) is 0.502. The van der Waals surface area contributed by atoms with Crippen molar-refractivity contribution in [1.82, 2.24) is 4.90 Å². The van der Waals surface area contributed by atoms with E-state index in [1.165, 1.54) is 7.11 Å². The van der Waals surface area contributed by atoms with Gasteiger partial charge in [-0.1, -0.05) is 0 Å². The highest BCUT2D eigenvalue weighted by molar-refractivity contribution is 7.92. The van der Waals surface area contributed by atoms with Gasteiger partial charge in [0.25, 0.3) is 0 Å². The minimum Gasteiger partial charge on any atom is -0.616 e. The first-order chi connectivity index (χ1) is 5.72. The molecule has 0 aromatic heterocycles. The van der Waals surface area contributed by atoms with Gasteiger partial charge >= 0.3 is 6.09 Å². The second kappa shape index (κ2) is 2.81. The summed E-state index contributed by atoms with van der Waals surface area (Å²) in [5.41, 5.74) is 0. The molecule has 0 radical (unpaired) electrons. The molecule has 0 aromatic rings. The Bertz CT molecular complexity index is 209. The summed E-state index contributed by atoms with van der Waals surface area (Å²) >= 11 is -0.700. The lowest BCUT2D eigenvalue weighted by Gasteiger charge is -2.26. The summed E-state index contributed by atoms with van der Waals surface area (Å²) in [6, 6.07) is 0.170. The van der Waals surface area contributed by atoms with Gasteiger partial charge in [0.05, 0.1) is 19.7 Å². The van der Waals surface area contributed by atoms with Gasteiger partial charge in [0.2, 0.25) is 0 Å². The topological polar surface area (TPSA) is 52.6 Å². The molecule has 5 heteroatoms. The fourth-order valence-corrected chi connectivity index (χ4v) is 3.62. The molecular weight excluding hydrogens is 178 g/mol. The van der Waals surface area contributed by atoms with E-state index in [-0.39, 0.29) is 17.4 Å². The number of methoxy groups -OCH3 is 1. The second-order valence-electron chi connectivity index (χ2n) is 3.18. The second-order valence-corrected chi connectivity index (χ2v) is 4.94. The van der Waals surface area contributed by atoms with Gasteiger partial charge in [-0.2, -0.15) is 0 Å². The van der Waals surface area contributed by atoms with Gasteiger partial charge in [0.1, 0.15) is 11.0 Å². The minimum absolute atomic E-state index is 0.170. The van der Waals surface area contributed by atoms with Crippen molar-refractivity contribution in [3.05, 3.63) is 0 Å². The van der Waals surface area contributed by atoms with E-state index in [0.29, 0.717) is 12.3 Å². The van der Waals surface area contributed by atoms with Crippen molar-refractivity contribution in [3.8, 4) is 0 Å². The van der Waals surface area contributed by atoms with Gasteiger partial charge < -0.3 is 9.29 Å². The van der Waals surface area contributed by atoms with Crippen molar-refractivity contribution in [2.75, 3.05) is 19.4 Å². The van der Waals surface area contributed by atoms with Gasteiger partial charge in [0, 0.05) is 6.42 Å². The Labute approximate surface area is 74.0 Å². The fourth-order valence-electron chi connectivity index (χ4n) is 1.89. The number of likely N-dealkylation sites (tertiary alicyclic amines) is 1. The number of rotatable bonds is 0. The molecule has 2 aliphatic rings. The van der Waals surface area contributed by atoms with Crippen LogP contribution in [-0.4, -0.2) is 46.2 Å². The first kappa shape index (κ1) is 8.19. The highest BCUT2D eigenvalue weighted by Gasteiger charge is 2.50. The Kier molecular flexibility index (Phi) is 1.92. The van der Waals surface area contributed by atoms with Crippen LogP contribution in [0.2, 0.25) is 0 Å². The van der Waals surface area contributed by atoms with Gasteiger partial charge in [0.15, 0.2) is 0 Å². The van der Waals surface area contributed by atoms with Crippen LogP contribution < -0.4 is 0 Å². The molecule has 2 rings (SSSR count). The highest BCUT2D eigenvalue weighted by atomic mass is 32.2. The average Bonchev–Trinajstić information content (AvgIpc) is 2.60. The van der Waals surface area contributed by atoms with E-state index in [1.54, 1.807) is 4.90 Å². The molecule has 1 unspecified atom stereocenters. The summed E-state index contributed by atoms with van der Waals surface area (Å²) in [7, 11) is 1.38. The summed E-state index contributed by atoms with van der Waals surface area (Å²) in [5.74, 6) is 0.639. The molecule has 0 aromatic carbocycles. The normalized spacial score (nSPS) is 38.8. The number of nitrogens with zero attached hydrogens (tertiary/aromatic N) is 1. The van der Waals surface area contributed by atoms with Crippen LogP contribution in [0.1, 0.15) is 6.42 Å². The van der Waals surface area contributed by atoms with Crippen molar-refractivity contribution < 1.29 is 14.1 Å². The van der Waals surface area contributed by atoms with Crippen LogP contribution in [0.25, 0.3) is 0 Å². The third-order valence-corrected chi connectivity index (χ3v) is 4.31. The predicted molar refractivity (Wildman–Crippen MR) is 44.3 cm³/mol. The van der Waals surface area contributed by atoms with Crippen molar-refractivity contribution in [1.29, 1.82) is 0 Å². The van der Waals surface area contributed by atoms with Crippen LogP contribution >= 0.6 is 0 Å². The van der Waals surface area contributed by atoms with Crippen molar-refractivity contribution >= 4 is 17.3 Å². The van der Waals surface area contributed by atoms with Crippen molar-refractivity contribution in [2.45, 2.75) is 17.7 Å².